The highest BCUT2D eigenvalue weighted by atomic mass is 35.5. The van der Waals surface area contributed by atoms with Crippen molar-refractivity contribution in [3.63, 3.8) is 0 Å². The van der Waals surface area contributed by atoms with Gasteiger partial charge >= 0.3 is 0 Å². The van der Waals surface area contributed by atoms with Crippen LogP contribution in [0.3, 0.4) is 0 Å². The number of rotatable bonds is 6. The minimum atomic E-state index is -0.450. The molecule has 156 valence electrons. The van der Waals surface area contributed by atoms with Crippen molar-refractivity contribution in [2.45, 2.75) is 20.5 Å². The van der Waals surface area contributed by atoms with Crippen LogP contribution in [0.15, 0.2) is 46.3 Å². The maximum absolute atomic E-state index is 13.1. The van der Waals surface area contributed by atoms with Crippen molar-refractivity contribution in [1.29, 1.82) is 0 Å². The number of nitrogens with one attached hydrogen (secondary N) is 1. The van der Waals surface area contributed by atoms with E-state index in [9.17, 15) is 14.0 Å². The quantitative estimate of drug-likeness (QED) is 0.655. The Labute approximate surface area is 182 Å². The predicted octanol–water partition coefficient (Wildman–Crippen LogP) is 4.56. The summed E-state index contributed by atoms with van der Waals surface area (Å²) < 4.78 is 24.5. The van der Waals surface area contributed by atoms with Gasteiger partial charge in [-0.15, -0.1) is 0 Å². The fraction of sp³-hybridized carbons (Fsp3) is 0.190. The van der Waals surface area contributed by atoms with Crippen molar-refractivity contribution >= 4 is 46.4 Å². The summed E-state index contributed by atoms with van der Waals surface area (Å²) in [5.41, 5.74) is 1.39. The molecule has 0 unspecified atom stereocenters. The Balaban J connectivity index is 1.81. The van der Waals surface area contributed by atoms with E-state index < -0.39 is 5.91 Å². The number of aliphatic imine (C=N–C) groups is 1. The largest absolute Gasteiger partial charge is 0.490 e. The molecule has 0 aliphatic carbocycles. The van der Waals surface area contributed by atoms with Crippen LogP contribution < -0.4 is 14.8 Å². The lowest BCUT2D eigenvalue weighted by Gasteiger charge is -2.15. The first kappa shape index (κ1) is 21.9. The van der Waals surface area contributed by atoms with Crippen LogP contribution in [0.4, 0.5) is 4.39 Å². The number of amidine groups is 1. The Morgan fingerprint density at radius 3 is 2.67 bits per heavy atom. The highest BCUT2D eigenvalue weighted by Crippen LogP contribution is 2.39. The van der Waals surface area contributed by atoms with Gasteiger partial charge in [0.15, 0.2) is 16.7 Å². The van der Waals surface area contributed by atoms with Gasteiger partial charge in [-0.1, -0.05) is 23.7 Å². The molecule has 2 aromatic carbocycles. The van der Waals surface area contributed by atoms with E-state index in [4.69, 9.17) is 21.1 Å². The molecule has 1 N–H and O–H groups in total. The maximum atomic E-state index is 13.1. The Morgan fingerprint density at radius 1 is 1.27 bits per heavy atom. The van der Waals surface area contributed by atoms with Crippen molar-refractivity contribution in [3.8, 4) is 11.5 Å². The van der Waals surface area contributed by atoms with Crippen LogP contribution in [0.1, 0.15) is 25.0 Å². The SMILES string of the molecule is CCOc1cc(/C=C2/SC(NC(C)=O)=NC2=O)cc(Cl)c1OCc1ccc(F)cc1. The van der Waals surface area contributed by atoms with Gasteiger partial charge in [0.25, 0.3) is 5.91 Å². The Kier molecular flexibility index (Phi) is 7.12. The van der Waals surface area contributed by atoms with Crippen LogP contribution >= 0.6 is 23.4 Å². The highest BCUT2D eigenvalue weighted by molar-refractivity contribution is 8.18. The Bertz CT molecular complexity index is 1040. The number of ether oxygens (including phenoxy) is 2. The van der Waals surface area contributed by atoms with E-state index in [2.05, 4.69) is 10.3 Å². The zero-order valence-electron chi connectivity index (χ0n) is 16.2. The molecule has 0 fully saturated rings. The number of amides is 2. The van der Waals surface area contributed by atoms with E-state index in [1.165, 1.54) is 19.1 Å². The van der Waals surface area contributed by atoms with Gasteiger partial charge in [0, 0.05) is 6.92 Å². The molecule has 0 aromatic heterocycles. The molecular formula is C21H18ClFN2O4S. The Morgan fingerprint density at radius 2 is 2.00 bits per heavy atom. The molecular weight excluding hydrogens is 431 g/mol. The summed E-state index contributed by atoms with van der Waals surface area (Å²) in [6, 6.07) is 9.29. The minimum absolute atomic E-state index is 0.183. The van der Waals surface area contributed by atoms with Gasteiger partial charge in [-0.25, -0.2) is 4.39 Å². The fourth-order valence-electron chi connectivity index (χ4n) is 2.57. The summed E-state index contributed by atoms with van der Waals surface area (Å²) in [7, 11) is 0. The molecule has 0 atom stereocenters. The van der Waals surface area contributed by atoms with Crippen molar-refractivity contribution in [2.24, 2.45) is 4.99 Å². The summed E-state index contributed by atoms with van der Waals surface area (Å²) in [4.78, 5) is 27.4. The second-order valence-corrected chi connectivity index (χ2v) is 7.63. The molecule has 0 saturated heterocycles. The number of hydrogen-bond donors (Lipinski definition) is 1. The zero-order chi connectivity index (χ0) is 21.7. The Hall–Kier alpha value is -2.84. The van der Waals surface area contributed by atoms with Crippen LogP contribution in [0.5, 0.6) is 11.5 Å². The molecule has 2 aromatic rings. The molecule has 30 heavy (non-hydrogen) atoms. The molecule has 6 nitrogen and oxygen atoms in total. The van der Waals surface area contributed by atoms with E-state index in [1.807, 2.05) is 6.92 Å². The number of hydrogen-bond acceptors (Lipinski definition) is 5. The van der Waals surface area contributed by atoms with E-state index in [1.54, 1.807) is 30.3 Å². The molecule has 0 spiro atoms. The summed E-state index contributed by atoms with van der Waals surface area (Å²) in [5.74, 6) is -0.314. The third-order valence-corrected chi connectivity index (χ3v) is 5.01. The molecule has 9 heteroatoms. The summed E-state index contributed by atoms with van der Waals surface area (Å²) in [6.07, 6.45) is 1.61. The number of benzene rings is 2. The first-order valence-electron chi connectivity index (χ1n) is 8.99. The van der Waals surface area contributed by atoms with E-state index in [0.29, 0.717) is 33.6 Å². The third kappa shape index (κ3) is 5.61. The highest BCUT2D eigenvalue weighted by Gasteiger charge is 2.23. The smallest absolute Gasteiger partial charge is 0.286 e. The van der Waals surface area contributed by atoms with Crippen LogP contribution in [0, 0.1) is 5.82 Å². The lowest BCUT2D eigenvalue weighted by atomic mass is 10.1. The van der Waals surface area contributed by atoms with Crippen LogP contribution in [-0.4, -0.2) is 23.6 Å². The number of carbonyl (C=O) groups is 2. The van der Waals surface area contributed by atoms with Crippen molar-refractivity contribution in [3.05, 3.63) is 63.3 Å². The van der Waals surface area contributed by atoms with Crippen LogP contribution in [0.2, 0.25) is 5.02 Å². The van der Waals surface area contributed by atoms with Gasteiger partial charge in [-0.05, 0) is 60.2 Å². The molecule has 0 bridgehead atoms. The second kappa shape index (κ2) is 9.77. The standard InChI is InChI=1S/C21H18ClFN2O4S/c1-3-28-17-9-14(10-18-20(27)25-21(30-18)24-12(2)26)8-16(22)19(17)29-11-13-4-6-15(23)7-5-13/h4-10H,3,11H2,1-2H3,(H,24,25,26,27)/b18-10+. The lowest BCUT2D eigenvalue weighted by molar-refractivity contribution is -0.117. The normalized spacial score (nSPS) is 14.6. The summed E-state index contributed by atoms with van der Waals surface area (Å²) >= 11 is 7.47. The van der Waals surface area contributed by atoms with Crippen molar-refractivity contribution in [2.75, 3.05) is 6.61 Å². The van der Waals surface area contributed by atoms with Gasteiger partial charge < -0.3 is 14.8 Å². The van der Waals surface area contributed by atoms with E-state index >= 15 is 0 Å². The number of nitrogens with zero attached hydrogens (tertiary/aromatic N) is 1. The van der Waals surface area contributed by atoms with Crippen molar-refractivity contribution < 1.29 is 23.5 Å². The number of halogens is 2. The molecule has 1 aliphatic rings. The zero-order valence-corrected chi connectivity index (χ0v) is 17.8. The van der Waals surface area contributed by atoms with E-state index in [0.717, 1.165) is 17.3 Å². The van der Waals surface area contributed by atoms with Crippen molar-refractivity contribution in [1.82, 2.24) is 5.32 Å². The monoisotopic (exact) mass is 448 g/mol. The first-order chi connectivity index (χ1) is 14.4. The van der Waals surface area contributed by atoms with Crippen LogP contribution in [-0.2, 0) is 16.2 Å². The summed E-state index contributed by atoms with van der Waals surface area (Å²) in [5, 5.41) is 3.02. The third-order valence-electron chi connectivity index (χ3n) is 3.83. The maximum Gasteiger partial charge on any atom is 0.286 e. The molecule has 1 aliphatic heterocycles. The topological polar surface area (TPSA) is 77.0 Å². The second-order valence-electron chi connectivity index (χ2n) is 6.19. The molecule has 2 amide bonds. The average Bonchev–Trinajstić information content (AvgIpc) is 3.01. The molecule has 0 saturated carbocycles. The minimum Gasteiger partial charge on any atom is -0.490 e. The summed E-state index contributed by atoms with van der Waals surface area (Å²) in [6.45, 7) is 3.73. The lowest BCUT2D eigenvalue weighted by Crippen LogP contribution is -2.23. The van der Waals surface area contributed by atoms with Gasteiger partial charge in [0.1, 0.15) is 12.4 Å². The molecule has 3 rings (SSSR count). The van der Waals surface area contributed by atoms with Gasteiger partial charge in [-0.3, -0.25) is 9.59 Å². The number of carbonyl (C=O) groups excluding carboxylic acids is 2. The molecule has 1 heterocycles. The van der Waals surface area contributed by atoms with Gasteiger partial charge in [-0.2, -0.15) is 4.99 Å². The van der Waals surface area contributed by atoms with Crippen LogP contribution in [0.25, 0.3) is 6.08 Å². The van der Waals surface area contributed by atoms with E-state index in [-0.39, 0.29) is 23.5 Å². The molecule has 0 radical (unpaired) electrons. The van der Waals surface area contributed by atoms with Gasteiger partial charge in [0.05, 0.1) is 16.5 Å². The average molecular weight is 449 g/mol. The predicted molar refractivity (Wildman–Crippen MR) is 115 cm³/mol. The fourth-order valence-corrected chi connectivity index (χ4v) is 3.71. The number of thioether (sulfide) groups is 1. The first-order valence-corrected chi connectivity index (χ1v) is 10.2. The van der Waals surface area contributed by atoms with Gasteiger partial charge in [0.2, 0.25) is 5.91 Å².